The van der Waals surface area contributed by atoms with Gasteiger partial charge < -0.3 is 4.98 Å². The second-order valence-electron chi connectivity index (χ2n) is 4.10. The number of aromatic amines is 1. The summed E-state index contributed by atoms with van der Waals surface area (Å²) in [6, 6.07) is 0. The van der Waals surface area contributed by atoms with Crippen molar-refractivity contribution in [2.24, 2.45) is 0 Å². The monoisotopic (exact) mass is 207 g/mol. The van der Waals surface area contributed by atoms with E-state index in [1.807, 2.05) is 6.92 Å². The van der Waals surface area contributed by atoms with Crippen LogP contribution in [0, 0.1) is 6.92 Å². The van der Waals surface area contributed by atoms with E-state index in [1.165, 1.54) is 0 Å². The molecule has 2 heterocycles. The van der Waals surface area contributed by atoms with Gasteiger partial charge in [-0.1, -0.05) is 6.92 Å². The molecule has 0 atom stereocenters. The van der Waals surface area contributed by atoms with Crippen LogP contribution in [0.2, 0.25) is 0 Å². The number of aryl methyl sites for hydroxylation is 1. The Hall–Kier alpha value is -1.16. The van der Waals surface area contributed by atoms with Crippen molar-refractivity contribution in [3.63, 3.8) is 0 Å². The molecule has 1 aromatic rings. The predicted molar refractivity (Wildman–Crippen MR) is 58.9 cm³/mol. The summed E-state index contributed by atoms with van der Waals surface area (Å²) in [6.45, 7) is 6.90. The molecule has 0 radical (unpaired) electrons. The standard InChI is InChI=1S/C11H17N3O/c1-3-5-14-6-4-9-10(7-14)12-8(2)13-11(9)15/h3-7H2,1-2H3,(H,12,13,15). The number of H-pyrrole nitrogens is 1. The van der Waals surface area contributed by atoms with Crippen molar-refractivity contribution in [3.8, 4) is 0 Å². The van der Waals surface area contributed by atoms with Crippen LogP contribution in [0.15, 0.2) is 4.79 Å². The first kappa shape index (κ1) is 10.4. The van der Waals surface area contributed by atoms with Crippen LogP contribution >= 0.6 is 0 Å². The first-order chi connectivity index (χ1) is 7.20. The zero-order valence-electron chi connectivity index (χ0n) is 9.34. The second kappa shape index (κ2) is 4.14. The van der Waals surface area contributed by atoms with Crippen molar-refractivity contribution in [2.75, 3.05) is 13.1 Å². The van der Waals surface area contributed by atoms with Crippen LogP contribution in [-0.4, -0.2) is 28.0 Å². The van der Waals surface area contributed by atoms with Crippen LogP contribution in [0.1, 0.15) is 30.4 Å². The van der Waals surface area contributed by atoms with Gasteiger partial charge in [-0.2, -0.15) is 0 Å². The fraction of sp³-hybridized carbons (Fsp3) is 0.636. The first-order valence-electron chi connectivity index (χ1n) is 5.51. The van der Waals surface area contributed by atoms with E-state index in [1.54, 1.807) is 0 Å². The normalized spacial score (nSPS) is 16.4. The summed E-state index contributed by atoms with van der Waals surface area (Å²) in [5.74, 6) is 0.720. The van der Waals surface area contributed by atoms with Crippen LogP contribution in [0.4, 0.5) is 0 Å². The fourth-order valence-electron chi connectivity index (χ4n) is 2.13. The minimum absolute atomic E-state index is 0.0497. The Morgan fingerprint density at radius 3 is 3.07 bits per heavy atom. The molecular weight excluding hydrogens is 190 g/mol. The van der Waals surface area contributed by atoms with Gasteiger partial charge in [0.25, 0.3) is 5.56 Å². The number of fused-ring (bicyclic) bond motifs is 1. The lowest BCUT2D eigenvalue weighted by atomic mass is 10.1. The Balaban J connectivity index is 2.29. The van der Waals surface area contributed by atoms with Crippen molar-refractivity contribution >= 4 is 0 Å². The highest BCUT2D eigenvalue weighted by atomic mass is 16.1. The summed E-state index contributed by atoms with van der Waals surface area (Å²) in [7, 11) is 0. The van der Waals surface area contributed by atoms with Gasteiger partial charge in [-0.25, -0.2) is 4.98 Å². The van der Waals surface area contributed by atoms with E-state index in [0.717, 1.165) is 49.6 Å². The topological polar surface area (TPSA) is 49.0 Å². The van der Waals surface area contributed by atoms with Crippen LogP contribution in [0.5, 0.6) is 0 Å². The molecular formula is C11H17N3O. The molecule has 0 aromatic carbocycles. The zero-order chi connectivity index (χ0) is 10.8. The summed E-state index contributed by atoms with van der Waals surface area (Å²) in [6.07, 6.45) is 1.98. The molecule has 2 rings (SSSR count). The van der Waals surface area contributed by atoms with Crippen LogP contribution in [0.25, 0.3) is 0 Å². The van der Waals surface area contributed by atoms with Crippen molar-refractivity contribution in [1.29, 1.82) is 0 Å². The first-order valence-corrected chi connectivity index (χ1v) is 5.51. The lowest BCUT2D eigenvalue weighted by Gasteiger charge is -2.26. The molecule has 0 saturated carbocycles. The summed E-state index contributed by atoms with van der Waals surface area (Å²) < 4.78 is 0. The second-order valence-corrected chi connectivity index (χ2v) is 4.10. The number of hydrogen-bond acceptors (Lipinski definition) is 3. The smallest absolute Gasteiger partial charge is 0.254 e. The number of nitrogens with one attached hydrogen (secondary N) is 1. The molecule has 0 saturated heterocycles. The van der Waals surface area contributed by atoms with Gasteiger partial charge in [0.2, 0.25) is 0 Å². The number of rotatable bonds is 2. The van der Waals surface area contributed by atoms with E-state index in [-0.39, 0.29) is 5.56 Å². The largest absolute Gasteiger partial charge is 0.311 e. The number of nitrogens with zero attached hydrogens (tertiary/aromatic N) is 2. The number of hydrogen-bond donors (Lipinski definition) is 1. The molecule has 1 aromatic heterocycles. The van der Waals surface area contributed by atoms with Crippen LogP contribution < -0.4 is 5.56 Å². The average molecular weight is 207 g/mol. The Labute approximate surface area is 89.3 Å². The van der Waals surface area contributed by atoms with E-state index in [9.17, 15) is 4.79 Å². The lowest BCUT2D eigenvalue weighted by Crippen LogP contribution is -2.35. The summed E-state index contributed by atoms with van der Waals surface area (Å²) in [4.78, 5) is 21.2. The van der Waals surface area contributed by atoms with E-state index in [4.69, 9.17) is 0 Å². The van der Waals surface area contributed by atoms with Crippen molar-refractivity contribution in [3.05, 3.63) is 27.4 Å². The Kier molecular flexibility index (Phi) is 2.86. The Morgan fingerprint density at radius 1 is 1.53 bits per heavy atom. The van der Waals surface area contributed by atoms with Crippen molar-refractivity contribution < 1.29 is 0 Å². The summed E-state index contributed by atoms with van der Waals surface area (Å²) in [5.41, 5.74) is 1.90. The van der Waals surface area contributed by atoms with Gasteiger partial charge in [0.1, 0.15) is 5.82 Å². The molecule has 15 heavy (non-hydrogen) atoms. The van der Waals surface area contributed by atoms with Gasteiger partial charge in [0, 0.05) is 18.7 Å². The maximum Gasteiger partial charge on any atom is 0.254 e. The van der Waals surface area contributed by atoms with Gasteiger partial charge in [0.05, 0.1) is 5.69 Å². The van der Waals surface area contributed by atoms with Gasteiger partial charge in [-0.15, -0.1) is 0 Å². The van der Waals surface area contributed by atoms with E-state index in [0.29, 0.717) is 0 Å². The minimum Gasteiger partial charge on any atom is -0.311 e. The third kappa shape index (κ3) is 2.09. The third-order valence-corrected chi connectivity index (χ3v) is 2.81. The van der Waals surface area contributed by atoms with Gasteiger partial charge in [-0.3, -0.25) is 9.69 Å². The molecule has 4 heteroatoms. The third-order valence-electron chi connectivity index (χ3n) is 2.81. The predicted octanol–water partition coefficient (Wildman–Crippen LogP) is 0.846. The quantitative estimate of drug-likeness (QED) is 0.782. The highest BCUT2D eigenvalue weighted by Crippen LogP contribution is 2.13. The van der Waals surface area contributed by atoms with E-state index in [2.05, 4.69) is 21.8 Å². The molecule has 1 N–H and O–H groups in total. The van der Waals surface area contributed by atoms with Crippen molar-refractivity contribution in [1.82, 2.24) is 14.9 Å². The highest BCUT2D eigenvalue weighted by molar-refractivity contribution is 5.20. The van der Waals surface area contributed by atoms with Gasteiger partial charge in [0.15, 0.2) is 0 Å². The molecule has 0 fully saturated rings. The van der Waals surface area contributed by atoms with Gasteiger partial charge in [-0.05, 0) is 26.3 Å². The molecule has 1 aliphatic heterocycles. The maximum atomic E-state index is 11.6. The minimum atomic E-state index is 0.0497. The molecule has 82 valence electrons. The zero-order valence-corrected chi connectivity index (χ0v) is 9.34. The van der Waals surface area contributed by atoms with Gasteiger partial charge >= 0.3 is 0 Å². The molecule has 4 nitrogen and oxygen atoms in total. The maximum absolute atomic E-state index is 11.6. The number of aromatic nitrogens is 2. The van der Waals surface area contributed by atoms with Crippen LogP contribution in [0.3, 0.4) is 0 Å². The molecule has 1 aliphatic rings. The molecule has 0 unspecified atom stereocenters. The fourth-order valence-corrected chi connectivity index (χ4v) is 2.13. The highest BCUT2D eigenvalue weighted by Gasteiger charge is 2.19. The molecule has 0 bridgehead atoms. The molecule has 0 amide bonds. The van der Waals surface area contributed by atoms with Crippen LogP contribution in [-0.2, 0) is 13.0 Å². The SMILES string of the molecule is CCCN1CCc2c(nc(C)[nH]c2=O)C1. The lowest BCUT2D eigenvalue weighted by molar-refractivity contribution is 0.249. The van der Waals surface area contributed by atoms with E-state index < -0.39 is 0 Å². The van der Waals surface area contributed by atoms with Crippen molar-refractivity contribution in [2.45, 2.75) is 33.2 Å². The Bertz CT molecular complexity index is 411. The molecule has 0 spiro atoms. The van der Waals surface area contributed by atoms with E-state index >= 15 is 0 Å². The average Bonchev–Trinajstić information content (AvgIpc) is 2.17. The summed E-state index contributed by atoms with van der Waals surface area (Å²) >= 11 is 0. The Morgan fingerprint density at radius 2 is 2.33 bits per heavy atom. The summed E-state index contributed by atoms with van der Waals surface area (Å²) in [5, 5.41) is 0. The molecule has 0 aliphatic carbocycles.